The van der Waals surface area contributed by atoms with Crippen molar-refractivity contribution in [3.05, 3.63) is 106 Å². The molecule has 254 valence electrons. The van der Waals surface area contributed by atoms with Crippen LogP contribution < -0.4 is 14.2 Å². The highest BCUT2D eigenvalue weighted by Gasteiger charge is 2.34. The smallest absolute Gasteiger partial charge is 0.416 e. The summed E-state index contributed by atoms with van der Waals surface area (Å²) in [5, 5.41) is 19.4. The first-order valence-electron chi connectivity index (χ1n) is 12.6. The number of anilines is 2. The number of para-hydroxylation sites is 1. The Morgan fingerprint density at radius 1 is 0.729 bits per heavy atom. The van der Waals surface area contributed by atoms with Crippen molar-refractivity contribution in [3.8, 4) is 11.5 Å². The van der Waals surface area contributed by atoms with E-state index in [1.807, 2.05) is 9.44 Å². The average molecular weight is 739 g/mol. The van der Waals surface area contributed by atoms with E-state index >= 15 is 0 Å². The summed E-state index contributed by atoms with van der Waals surface area (Å²) < 4.78 is 139. The monoisotopic (exact) mass is 738 g/mol. The Hall–Kier alpha value is -5.01. The summed E-state index contributed by atoms with van der Waals surface area (Å²) in [6.07, 6.45) is -9.82. The van der Waals surface area contributed by atoms with E-state index in [1.165, 1.54) is 0 Å². The van der Waals surface area contributed by atoms with Crippen molar-refractivity contribution in [1.29, 1.82) is 0 Å². The third-order valence-corrected chi connectivity index (χ3v) is 9.40. The minimum absolute atomic E-state index is 0.220. The summed E-state index contributed by atoms with van der Waals surface area (Å²) in [5.74, 6) is -5.21. The van der Waals surface area contributed by atoms with E-state index in [0.717, 1.165) is 42.5 Å². The second-order valence-corrected chi connectivity index (χ2v) is 13.2. The van der Waals surface area contributed by atoms with E-state index in [2.05, 4.69) is 0 Å². The molecule has 4 aromatic rings. The van der Waals surface area contributed by atoms with Gasteiger partial charge >= 0.3 is 24.3 Å². The summed E-state index contributed by atoms with van der Waals surface area (Å²) in [6, 6.07) is 9.28. The Bertz CT molecular complexity index is 2160. The van der Waals surface area contributed by atoms with Crippen molar-refractivity contribution >= 4 is 55.0 Å². The number of benzene rings is 4. The molecule has 0 aliphatic rings. The number of hydrogen-bond donors (Lipinski definition) is 4. The topological polar surface area (TPSA) is 176 Å². The van der Waals surface area contributed by atoms with Crippen molar-refractivity contribution in [3.63, 3.8) is 0 Å². The average Bonchev–Trinajstić information content (AvgIpc) is 2.96. The Kier molecular flexibility index (Phi) is 9.62. The van der Waals surface area contributed by atoms with E-state index in [4.69, 9.17) is 16.3 Å². The molecular weight excluding hydrogens is 722 g/mol. The molecule has 20 heteroatoms. The molecular formula is C28H17ClF6N2O9S2. The highest BCUT2D eigenvalue weighted by atomic mass is 35.5. The van der Waals surface area contributed by atoms with Gasteiger partial charge in [0.2, 0.25) is 0 Å². The fourth-order valence-electron chi connectivity index (χ4n) is 3.95. The summed E-state index contributed by atoms with van der Waals surface area (Å²) in [4.78, 5) is 23.1. The lowest BCUT2D eigenvalue weighted by atomic mass is 10.1. The van der Waals surface area contributed by atoms with Crippen molar-refractivity contribution in [2.45, 2.75) is 22.1 Å². The quantitative estimate of drug-likeness (QED) is 0.0837. The van der Waals surface area contributed by atoms with Gasteiger partial charge in [0.1, 0.15) is 21.8 Å². The van der Waals surface area contributed by atoms with Crippen LogP contribution in [0.25, 0.3) is 0 Å². The number of aromatic hydroxyl groups is 1. The number of nitrogens with one attached hydrogen (secondary N) is 2. The summed E-state index contributed by atoms with van der Waals surface area (Å²) in [6.45, 7) is 0. The van der Waals surface area contributed by atoms with Gasteiger partial charge in [-0.1, -0.05) is 23.7 Å². The molecule has 0 bridgehead atoms. The lowest BCUT2D eigenvalue weighted by Gasteiger charge is -2.16. The highest BCUT2D eigenvalue weighted by Crippen LogP contribution is 2.37. The van der Waals surface area contributed by atoms with E-state index in [1.54, 1.807) is 0 Å². The summed E-state index contributed by atoms with van der Waals surface area (Å²) in [5.41, 5.74) is -5.36. The van der Waals surface area contributed by atoms with Crippen LogP contribution in [0.5, 0.6) is 11.5 Å². The second kappa shape index (κ2) is 12.9. The van der Waals surface area contributed by atoms with Crippen LogP contribution in [0.3, 0.4) is 0 Å². The number of hydrogen-bond acceptors (Lipinski definition) is 8. The normalized spacial score (nSPS) is 12.3. The number of rotatable bonds is 9. The zero-order valence-electron chi connectivity index (χ0n) is 23.2. The number of aromatic carboxylic acids is 1. The first kappa shape index (κ1) is 35.8. The zero-order chi connectivity index (χ0) is 35.8. The fourth-order valence-corrected chi connectivity index (χ4v) is 6.63. The van der Waals surface area contributed by atoms with Crippen LogP contribution >= 0.6 is 11.6 Å². The van der Waals surface area contributed by atoms with E-state index in [0.29, 0.717) is 30.3 Å². The van der Waals surface area contributed by atoms with Gasteiger partial charge in [-0.3, -0.25) is 9.44 Å². The number of alkyl halides is 6. The molecule has 0 spiro atoms. The third kappa shape index (κ3) is 7.92. The summed E-state index contributed by atoms with van der Waals surface area (Å²) >= 11 is 5.83. The number of carbonyl (C=O) groups is 2. The highest BCUT2D eigenvalue weighted by molar-refractivity contribution is 7.93. The van der Waals surface area contributed by atoms with Crippen LogP contribution in [-0.4, -0.2) is 39.0 Å². The number of halogens is 7. The minimum atomic E-state index is -5.00. The van der Waals surface area contributed by atoms with Crippen LogP contribution in [0.2, 0.25) is 5.02 Å². The summed E-state index contributed by atoms with van der Waals surface area (Å²) in [7, 11) is -9.65. The van der Waals surface area contributed by atoms with Gasteiger partial charge in [-0.2, -0.15) is 26.3 Å². The zero-order valence-corrected chi connectivity index (χ0v) is 25.6. The molecule has 0 saturated carbocycles. The number of phenols is 1. The molecule has 4 N–H and O–H groups in total. The van der Waals surface area contributed by atoms with Gasteiger partial charge in [0.25, 0.3) is 20.0 Å². The van der Waals surface area contributed by atoms with Gasteiger partial charge in [-0.25, -0.2) is 26.4 Å². The number of ether oxygens (including phenoxy) is 1. The first-order chi connectivity index (χ1) is 22.1. The molecule has 0 aliphatic carbocycles. The van der Waals surface area contributed by atoms with Gasteiger partial charge in [0.05, 0.1) is 32.4 Å². The number of esters is 1. The molecule has 0 radical (unpaired) electrons. The molecule has 0 aromatic heterocycles. The predicted molar refractivity (Wildman–Crippen MR) is 156 cm³/mol. The van der Waals surface area contributed by atoms with Crippen LogP contribution in [0.1, 0.15) is 31.8 Å². The molecule has 0 saturated heterocycles. The molecule has 0 heterocycles. The number of carboxylic acids is 1. The first-order valence-corrected chi connectivity index (χ1v) is 16.0. The Morgan fingerprint density at radius 3 is 1.96 bits per heavy atom. The number of carboxylic acid groups (broad SMARTS) is 1. The molecule has 0 aliphatic heterocycles. The predicted octanol–water partition coefficient (Wildman–Crippen LogP) is 6.60. The Balaban J connectivity index is 1.64. The van der Waals surface area contributed by atoms with E-state index in [-0.39, 0.29) is 6.07 Å². The molecule has 48 heavy (non-hydrogen) atoms. The molecule has 4 aromatic carbocycles. The Labute approximate surface area is 271 Å². The maximum absolute atomic E-state index is 13.2. The maximum Gasteiger partial charge on any atom is 0.416 e. The molecule has 0 unspecified atom stereocenters. The Morgan fingerprint density at radius 2 is 1.35 bits per heavy atom. The van der Waals surface area contributed by atoms with Gasteiger partial charge in [-0.05, 0) is 60.7 Å². The van der Waals surface area contributed by atoms with Gasteiger partial charge in [-0.15, -0.1) is 0 Å². The van der Waals surface area contributed by atoms with Gasteiger partial charge in [0.15, 0.2) is 5.75 Å². The second-order valence-electron chi connectivity index (χ2n) is 9.49. The van der Waals surface area contributed by atoms with Gasteiger partial charge in [0, 0.05) is 6.07 Å². The molecule has 0 amide bonds. The van der Waals surface area contributed by atoms with Crippen molar-refractivity contribution in [2.75, 3.05) is 9.44 Å². The van der Waals surface area contributed by atoms with Crippen molar-refractivity contribution < 1.29 is 67.7 Å². The van der Waals surface area contributed by atoms with Gasteiger partial charge < -0.3 is 14.9 Å². The SMILES string of the molecule is O=C(Oc1c(NS(=O)(=O)c2cc(C(F)(F)F)ccc2Cl)cccc1C(=O)O)c1ccc(NS(=O)(=O)c2cccc(C(F)(F)F)c2)cc1O. The molecule has 4 rings (SSSR count). The lowest BCUT2D eigenvalue weighted by Crippen LogP contribution is -2.18. The van der Waals surface area contributed by atoms with E-state index in [9.17, 15) is 63.0 Å². The van der Waals surface area contributed by atoms with E-state index < -0.39 is 104 Å². The van der Waals surface area contributed by atoms with Crippen LogP contribution in [0.15, 0.2) is 88.7 Å². The molecule has 0 atom stereocenters. The standard InChI is InChI=1S/C28H17ClF6N2O9S2/c29-20-10-7-15(28(33,34)35)12-23(20)48(44,45)37-21-6-2-5-19(25(39)40)24(21)46-26(41)18-9-8-16(13-22(18)38)36-47(42,43)17-4-1-3-14(11-17)27(30,31)32/h1-13,36-38H,(H,39,40). The van der Waals surface area contributed by atoms with Crippen LogP contribution in [0.4, 0.5) is 37.7 Å². The maximum atomic E-state index is 13.2. The lowest BCUT2D eigenvalue weighted by molar-refractivity contribution is -0.138. The third-order valence-electron chi connectivity index (χ3n) is 6.17. The molecule has 0 fully saturated rings. The fraction of sp³-hybridized carbons (Fsp3) is 0.0714. The number of phenolic OH excluding ortho intramolecular Hbond substituents is 1. The largest absolute Gasteiger partial charge is 0.507 e. The number of carbonyl (C=O) groups excluding carboxylic acids is 1. The van der Waals surface area contributed by atoms with Crippen LogP contribution in [0, 0.1) is 0 Å². The minimum Gasteiger partial charge on any atom is -0.507 e. The molecule has 11 nitrogen and oxygen atoms in total. The van der Waals surface area contributed by atoms with Crippen molar-refractivity contribution in [1.82, 2.24) is 0 Å². The number of sulfonamides is 2. The van der Waals surface area contributed by atoms with Crippen LogP contribution in [-0.2, 0) is 32.4 Å². The van der Waals surface area contributed by atoms with Crippen molar-refractivity contribution in [2.24, 2.45) is 0 Å².